The van der Waals surface area contributed by atoms with Gasteiger partial charge in [-0.1, -0.05) is 12.1 Å². The van der Waals surface area contributed by atoms with Gasteiger partial charge in [0.1, 0.15) is 11.4 Å². The molecule has 7 nitrogen and oxygen atoms in total. The summed E-state index contributed by atoms with van der Waals surface area (Å²) in [6.07, 6.45) is 0. The van der Waals surface area contributed by atoms with Gasteiger partial charge in [-0.15, -0.1) is 0 Å². The minimum absolute atomic E-state index is 0.268. The van der Waals surface area contributed by atoms with Crippen molar-refractivity contribution in [2.45, 2.75) is 39.4 Å². The number of imidazole rings is 1. The first-order chi connectivity index (χ1) is 10.9. The largest absolute Gasteiger partial charge is 0.347 e. The Morgan fingerprint density at radius 1 is 1.26 bits per heavy atom. The van der Waals surface area contributed by atoms with E-state index in [0.717, 1.165) is 23.4 Å². The maximum Gasteiger partial charge on any atom is 0.315 e. The highest BCUT2D eigenvalue weighted by molar-refractivity contribution is 5.90. The van der Waals surface area contributed by atoms with Crippen LogP contribution in [0.2, 0.25) is 0 Å². The number of carbonyl (C=O) groups is 2. The Morgan fingerprint density at radius 3 is 2.61 bits per heavy atom. The van der Waals surface area contributed by atoms with E-state index in [1.807, 2.05) is 31.2 Å². The molecule has 0 fully saturated rings. The minimum atomic E-state index is -1.01. The number of aryl methyl sites for hydroxylation is 1. The Morgan fingerprint density at radius 2 is 1.96 bits per heavy atom. The maximum absolute atomic E-state index is 12.3. The summed E-state index contributed by atoms with van der Waals surface area (Å²) in [4.78, 5) is 28.3. The number of hydrogen-bond donors (Lipinski definition) is 3. The summed E-state index contributed by atoms with van der Waals surface area (Å²) in [5, 5.41) is 7.89. The van der Waals surface area contributed by atoms with Crippen molar-refractivity contribution in [1.82, 2.24) is 25.5 Å². The zero-order chi connectivity index (χ0) is 17.0. The third-order valence-corrected chi connectivity index (χ3v) is 3.68. The van der Waals surface area contributed by atoms with Gasteiger partial charge in [0.25, 0.3) is 0 Å². The molecule has 23 heavy (non-hydrogen) atoms. The lowest BCUT2D eigenvalue weighted by Gasteiger charge is -2.24. The van der Waals surface area contributed by atoms with E-state index in [-0.39, 0.29) is 5.91 Å². The Hall–Kier alpha value is -2.57. The topological polar surface area (TPSA) is 88.0 Å². The Labute approximate surface area is 135 Å². The first kappa shape index (κ1) is 16.8. The lowest BCUT2D eigenvalue weighted by atomic mass is 10.1. The Kier molecular flexibility index (Phi) is 4.88. The van der Waals surface area contributed by atoms with Crippen LogP contribution in [0.15, 0.2) is 24.3 Å². The van der Waals surface area contributed by atoms with Gasteiger partial charge in [-0.25, -0.2) is 9.78 Å². The number of hydrogen-bond acceptors (Lipinski definition) is 3. The molecule has 0 atom stereocenters. The average molecular weight is 317 g/mol. The third kappa shape index (κ3) is 3.61. The van der Waals surface area contributed by atoms with Crippen LogP contribution in [0.5, 0.6) is 0 Å². The van der Waals surface area contributed by atoms with Crippen LogP contribution in [0, 0.1) is 0 Å². The highest BCUT2D eigenvalue weighted by Crippen LogP contribution is 2.16. The van der Waals surface area contributed by atoms with E-state index in [1.54, 1.807) is 13.8 Å². The van der Waals surface area contributed by atoms with Crippen LogP contribution in [-0.4, -0.2) is 34.1 Å². The van der Waals surface area contributed by atoms with Crippen molar-refractivity contribution in [3.05, 3.63) is 30.1 Å². The fourth-order valence-electron chi connectivity index (χ4n) is 2.40. The highest BCUT2D eigenvalue weighted by Gasteiger charge is 2.29. The van der Waals surface area contributed by atoms with Crippen molar-refractivity contribution in [1.29, 1.82) is 0 Å². The molecule has 0 bridgehead atoms. The van der Waals surface area contributed by atoms with Gasteiger partial charge < -0.3 is 20.5 Å². The Balaban J connectivity index is 2.11. The van der Waals surface area contributed by atoms with Crippen LogP contribution in [0.4, 0.5) is 4.79 Å². The summed E-state index contributed by atoms with van der Waals surface area (Å²) in [6.45, 7) is 6.42. The van der Waals surface area contributed by atoms with Crippen LogP contribution >= 0.6 is 0 Å². The van der Waals surface area contributed by atoms with Gasteiger partial charge in [0.2, 0.25) is 5.91 Å². The van der Waals surface area contributed by atoms with E-state index in [0.29, 0.717) is 6.54 Å². The summed E-state index contributed by atoms with van der Waals surface area (Å²) in [6, 6.07) is 7.46. The minimum Gasteiger partial charge on any atom is -0.347 e. The van der Waals surface area contributed by atoms with Crippen molar-refractivity contribution in [2.24, 2.45) is 0 Å². The van der Waals surface area contributed by atoms with Crippen molar-refractivity contribution in [3.8, 4) is 0 Å². The zero-order valence-electron chi connectivity index (χ0n) is 13.9. The molecule has 1 aromatic carbocycles. The van der Waals surface area contributed by atoms with Crippen LogP contribution in [0.3, 0.4) is 0 Å². The van der Waals surface area contributed by atoms with Gasteiger partial charge in [0.15, 0.2) is 0 Å². The van der Waals surface area contributed by atoms with Crippen LogP contribution in [0.25, 0.3) is 11.0 Å². The molecule has 0 saturated heterocycles. The Bertz CT molecular complexity index is 720. The maximum atomic E-state index is 12.3. The molecule has 3 N–H and O–H groups in total. The molecule has 124 valence electrons. The number of rotatable bonds is 5. The van der Waals surface area contributed by atoms with Gasteiger partial charge in [0, 0.05) is 13.6 Å². The van der Waals surface area contributed by atoms with Crippen molar-refractivity contribution < 1.29 is 9.59 Å². The summed E-state index contributed by atoms with van der Waals surface area (Å²) in [5.41, 5.74) is 0.937. The van der Waals surface area contributed by atoms with E-state index in [2.05, 4.69) is 25.5 Å². The number of amides is 3. The van der Waals surface area contributed by atoms with Gasteiger partial charge in [-0.3, -0.25) is 4.79 Å². The second kappa shape index (κ2) is 6.68. The fraction of sp³-hybridized carbons (Fsp3) is 0.438. The second-order valence-corrected chi connectivity index (χ2v) is 5.77. The smallest absolute Gasteiger partial charge is 0.315 e. The van der Waals surface area contributed by atoms with E-state index >= 15 is 0 Å². The number of benzene rings is 1. The molecule has 0 spiro atoms. The highest BCUT2D eigenvalue weighted by atomic mass is 16.2. The van der Waals surface area contributed by atoms with Crippen LogP contribution < -0.4 is 16.0 Å². The summed E-state index contributed by atoms with van der Waals surface area (Å²) < 4.78 is 2.06. The van der Waals surface area contributed by atoms with Gasteiger partial charge in [-0.05, 0) is 32.9 Å². The monoisotopic (exact) mass is 317 g/mol. The predicted molar refractivity (Wildman–Crippen MR) is 88.9 cm³/mol. The number of carbonyl (C=O) groups excluding carboxylic acids is 2. The molecule has 2 aromatic rings. The zero-order valence-corrected chi connectivity index (χ0v) is 13.9. The predicted octanol–water partition coefficient (Wildman–Crippen LogP) is 1.38. The lowest BCUT2D eigenvalue weighted by molar-refractivity contribution is -0.126. The molecule has 3 amide bonds. The normalized spacial score (nSPS) is 11.3. The van der Waals surface area contributed by atoms with Crippen molar-refractivity contribution in [2.75, 3.05) is 7.05 Å². The quantitative estimate of drug-likeness (QED) is 0.778. The van der Waals surface area contributed by atoms with Crippen molar-refractivity contribution in [3.63, 3.8) is 0 Å². The number of nitrogens with zero attached hydrogens (tertiary/aromatic N) is 2. The second-order valence-electron chi connectivity index (χ2n) is 5.77. The molecule has 7 heteroatoms. The first-order valence-corrected chi connectivity index (χ1v) is 7.61. The third-order valence-electron chi connectivity index (χ3n) is 3.68. The molecule has 0 aliphatic heterocycles. The van der Waals surface area contributed by atoms with E-state index < -0.39 is 11.6 Å². The fourth-order valence-corrected chi connectivity index (χ4v) is 2.40. The SMILES string of the molecule is CCn1c(CNC(=O)C(C)(C)NC(=O)NC)nc2ccccc21. The molecule has 2 rings (SSSR count). The van der Waals surface area contributed by atoms with Gasteiger partial charge in [-0.2, -0.15) is 0 Å². The lowest BCUT2D eigenvalue weighted by Crippen LogP contribution is -2.56. The summed E-state index contributed by atoms with van der Waals surface area (Å²) in [7, 11) is 1.51. The molecule has 0 aliphatic rings. The summed E-state index contributed by atoms with van der Waals surface area (Å²) >= 11 is 0. The average Bonchev–Trinajstić information content (AvgIpc) is 2.89. The van der Waals surface area contributed by atoms with E-state index in [4.69, 9.17) is 0 Å². The van der Waals surface area contributed by atoms with Crippen LogP contribution in [0.1, 0.15) is 26.6 Å². The molecule has 0 aliphatic carbocycles. The van der Waals surface area contributed by atoms with Gasteiger partial charge >= 0.3 is 6.03 Å². The molecule has 0 unspecified atom stereocenters. The van der Waals surface area contributed by atoms with E-state index in [9.17, 15) is 9.59 Å². The number of para-hydroxylation sites is 2. The molecule has 0 radical (unpaired) electrons. The van der Waals surface area contributed by atoms with E-state index in [1.165, 1.54) is 7.05 Å². The molecular weight excluding hydrogens is 294 g/mol. The van der Waals surface area contributed by atoms with Crippen molar-refractivity contribution >= 4 is 23.0 Å². The van der Waals surface area contributed by atoms with Gasteiger partial charge in [0.05, 0.1) is 17.6 Å². The molecule has 0 saturated carbocycles. The number of aromatic nitrogens is 2. The first-order valence-electron chi connectivity index (χ1n) is 7.61. The summed E-state index contributed by atoms with van der Waals surface area (Å²) in [5.74, 6) is 0.522. The molecule has 1 aromatic heterocycles. The molecular formula is C16H23N5O2. The number of fused-ring (bicyclic) bond motifs is 1. The van der Waals surface area contributed by atoms with Crippen LogP contribution in [-0.2, 0) is 17.9 Å². The number of nitrogens with one attached hydrogen (secondary N) is 3. The number of urea groups is 1. The molecule has 1 heterocycles. The standard InChI is InChI=1S/C16H23N5O2/c1-5-21-12-9-7-6-8-11(12)19-13(21)10-18-14(22)16(2,3)20-15(23)17-4/h6-9H,5,10H2,1-4H3,(H,18,22)(H2,17,20,23).